The van der Waals surface area contributed by atoms with Gasteiger partial charge in [-0.1, -0.05) is 12.1 Å². The molecule has 2 atom stereocenters. The molecule has 2 rings (SSSR count). The van der Waals surface area contributed by atoms with Gasteiger partial charge >= 0.3 is 5.97 Å². The van der Waals surface area contributed by atoms with Crippen LogP contribution in [-0.2, 0) is 16.0 Å². The molecule has 0 radical (unpaired) electrons. The molecule has 1 saturated heterocycles. The number of nitro groups is 1. The number of hydrogen-bond donors (Lipinski definition) is 1. The molecule has 1 N–H and O–H groups in total. The van der Waals surface area contributed by atoms with Gasteiger partial charge in [0.1, 0.15) is 6.04 Å². The zero-order valence-electron chi connectivity index (χ0n) is 11.3. The second-order valence-corrected chi connectivity index (χ2v) is 6.04. The number of rotatable bonds is 4. The maximum atomic E-state index is 12.3. The van der Waals surface area contributed by atoms with E-state index in [4.69, 9.17) is 5.11 Å². The summed E-state index contributed by atoms with van der Waals surface area (Å²) in [5.74, 6) is -0.916. The number of non-ortho nitro benzene ring substituents is 1. The van der Waals surface area contributed by atoms with Crippen LogP contribution in [0.2, 0.25) is 0 Å². The highest BCUT2D eigenvalue weighted by Crippen LogP contribution is 2.29. The van der Waals surface area contributed by atoms with Crippen LogP contribution < -0.4 is 0 Å². The third kappa shape index (κ3) is 3.33. The standard InChI is InChI=1S/C13H14N2O5S/c1-8-14(11(7-21-8)13(17)18)12(16)6-9-2-4-10(5-3-9)15(19)20/h2-5,8,11H,6-7H2,1H3,(H,17,18). The summed E-state index contributed by atoms with van der Waals surface area (Å²) >= 11 is 1.42. The lowest BCUT2D eigenvalue weighted by Gasteiger charge is -2.25. The summed E-state index contributed by atoms with van der Waals surface area (Å²) in [7, 11) is 0. The van der Waals surface area contributed by atoms with Gasteiger partial charge in [0, 0.05) is 17.9 Å². The van der Waals surface area contributed by atoms with E-state index in [2.05, 4.69) is 0 Å². The van der Waals surface area contributed by atoms with Crippen LogP contribution in [-0.4, -0.2) is 44.0 Å². The third-order valence-corrected chi connectivity index (χ3v) is 4.52. The quantitative estimate of drug-likeness (QED) is 0.668. The molecule has 0 spiro atoms. The van der Waals surface area contributed by atoms with Crippen molar-refractivity contribution in [3.8, 4) is 0 Å². The highest BCUT2D eigenvalue weighted by Gasteiger charge is 2.39. The van der Waals surface area contributed by atoms with Crippen molar-refractivity contribution in [1.82, 2.24) is 4.90 Å². The minimum absolute atomic E-state index is 0.0344. The molecule has 8 heteroatoms. The maximum absolute atomic E-state index is 12.3. The molecule has 7 nitrogen and oxygen atoms in total. The van der Waals surface area contributed by atoms with Crippen LogP contribution in [0.3, 0.4) is 0 Å². The van der Waals surface area contributed by atoms with Crippen LogP contribution in [0.15, 0.2) is 24.3 Å². The van der Waals surface area contributed by atoms with Gasteiger partial charge in [0.05, 0.1) is 16.7 Å². The smallest absolute Gasteiger partial charge is 0.327 e. The molecular weight excluding hydrogens is 296 g/mol. The molecule has 1 aromatic carbocycles. The fourth-order valence-corrected chi connectivity index (χ4v) is 3.40. The number of carbonyl (C=O) groups is 2. The first-order chi connectivity index (χ1) is 9.90. The number of nitro benzene ring substituents is 1. The van der Waals surface area contributed by atoms with Crippen molar-refractivity contribution in [3.63, 3.8) is 0 Å². The number of nitrogens with zero attached hydrogens (tertiary/aromatic N) is 2. The molecule has 1 aromatic rings. The van der Waals surface area contributed by atoms with Crippen molar-refractivity contribution in [1.29, 1.82) is 0 Å². The average Bonchev–Trinajstić information content (AvgIpc) is 2.81. The monoisotopic (exact) mass is 310 g/mol. The second kappa shape index (κ2) is 6.13. The van der Waals surface area contributed by atoms with Gasteiger partial charge in [0.15, 0.2) is 0 Å². The number of hydrogen-bond acceptors (Lipinski definition) is 5. The van der Waals surface area contributed by atoms with E-state index in [1.807, 2.05) is 0 Å². The van der Waals surface area contributed by atoms with Gasteiger partial charge < -0.3 is 10.0 Å². The van der Waals surface area contributed by atoms with E-state index in [1.165, 1.54) is 40.9 Å². The van der Waals surface area contributed by atoms with E-state index < -0.39 is 16.9 Å². The number of carbonyl (C=O) groups excluding carboxylic acids is 1. The van der Waals surface area contributed by atoms with E-state index in [9.17, 15) is 19.7 Å². The normalized spacial score (nSPS) is 21.3. The first kappa shape index (κ1) is 15.3. The minimum Gasteiger partial charge on any atom is -0.480 e. The molecule has 1 aliphatic heterocycles. The number of thioether (sulfide) groups is 1. The lowest BCUT2D eigenvalue weighted by molar-refractivity contribution is -0.384. The fraction of sp³-hybridized carbons (Fsp3) is 0.385. The van der Waals surface area contributed by atoms with E-state index in [0.717, 1.165) is 0 Å². The van der Waals surface area contributed by atoms with Crippen molar-refractivity contribution < 1.29 is 19.6 Å². The summed E-state index contributed by atoms with van der Waals surface area (Å²) in [6.45, 7) is 1.79. The molecule has 0 bridgehead atoms. The first-order valence-corrected chi connectivity index (χ1v) is 7.34. The Balaban J connectivity index is 2.09. The molecule has 0 saturated carbocycles. The predicted molar refractivity (Wildman–Crippen MR) is 77.0 cm³/mol. The Bertz CT molecular complexity index is 574. The van der Waals surface area contributed by atoms with Crippen LogP contribution in [0.1, 0.15) is 12.5 Å². The maximum Gasteiger partial charge on any atom is 0.327 e. The predicted octanol–water partition coefficient (Wildman–Crippen LogP) is 1.51. The molecule has 1 fully saturated rings. The third-order valence-electron chi connectivity index (χ3n) is 3.30. The topological polar surface area (TPSA) is 101 Å². The minimum atomic E-state index is -1.01. The van der Waals surface area contributed by atoms with Crippen molar-refractivity contribution in [3.05, 3.63) is 39.9 Å². The SMILES string of the molecule is CC1SCC(C(=O)O)N1C(=O)Cc1ccc([N+](=O)[O-])cc1. The zero-order chi connectivity index (χ0) is 15.6. The Kier molecular flexibility index (Phi) is 4.46. The van der Waals surface area contributed by atoms with Crippen LogP contribution in [0, 0.1) is 10.1 Å². The summed E-state index contributed by atoms with van der Waals surface area (Å²) in [5, 5.41) is 19.5. The van der Waals surface area contributed by atoms with Gasteiger partial charge in [-0.2, -0.15) is 0 Å². The van der Waals surface area contributed by atoms with Crippen LogP contribution >= 0.6 is 11.8 Å². The molecular formula is C13H14N2O5S. The largest absolute Gasteiger partial charge is 0.480 e. The summed E-state index contributed by atoms with van der Waals surface area (Å²) in [6.07, 6.45) is 0.0344. The second-order valence-electron chi connectivity index (χ2n) is 4.69. The number of carboxylic acids is 1. The number of aliphatic carboxylic acids is 1. The van der Waals surface area contributed by atoms with Gasteiger partial charge in [0.2, 0.25) is 5.91 Å². The molecule has 1 heterocycles. The summed E-state index contributed by atoms with van der Waals surface area (Å²) < 4.78 is 0. The Morgan fingerprint density at radius 1 is 1.43 bits per heavy atom. The Morgan fingerprint density at radius 2 is 2.05 bits per heavy atom. The molecule has 1 aliphatic rings. The summed E-state index contributed by atoms with van der Waals surface area (Å²) in [5.41, 5.74) is 0.582. The fourth-order valence-electron chi connectivity index (χ4n) is 2.21. The Hall–Kier alpha value is -2.09. The highest BCUT2D eigenvalue weighted by molar-refractivity contribution is 8.00. The molecule has 0 aliphatic carbocycles. The van der Waals surface area contributed by atoms with Crippen molar-refractivity contribution in [2.45, 2.75) is 24.8 Å². The van der Waals surface area contributed by atoms with E-state index in [-0.39, 0.29) is 23.4 Å². The molecule has 21 heavy (non-hydrogen) atoms. The lowest BCUT2D eigenvalue weighted by Crippen LogP contribution is -2.45. The van der Waals surface area contributed by atoms with Crippen LogP contribution in [0.25, 0.3) is 0 Å². The van der Waals surface area contributed by atoms with Crippen molar-refractivity contribution >= 4 is 29.3 Å². The van der Waals surface area contributed by atoms with Crippen LogP contribution in [0.4, 0.5) is 5.69 Å². The highest BCUT2D eigenvalue weighted by atomic mass is 32.2. The van der Waals surface area contributed by atoms with Crippen molar-refractivity contribution in [2.24, 2.45) is 0 Å². The van der Waals surface area contributed by atoms with E-state index >= 15 is 0 Å². The number of benzene rings is 1. The van der Waals surface area contributed by atoms with E-state index in [0.29, 0.717) is 11.3 Å². The first-order valence-electron chi connectivity index (χ1n) is 6.29. The molecule has 2 unspecified atom stereocenters. The van der Waals surface area contributed by atoms with Gasteiger partial charge in [-0.05, 0) is 12.5 Å². The number of amides is 1. The Labute approximate surface area is 125 Å². The lowest BCUT2D eigenvalue weighted by atomic mass is 10.1. The zero-order valence-corrected chi connectivity index (χ0v) is 12.1. The summed E-state index contributed by atoms with van der Waals surface area (Å²) in [6, 6.07) is 4.88. The molecule has 112 valence electrons. The van der Waals surface area contributed by atoms with Crippen LogP contribution in [0.5, 0.6) is 0 Å². The van der Waals surface area contributed by atoms with Gasteiger partial charge in [-0.3, -0.25) is 14.9 Å². The molecule has 1 amide bonds. The molecule has 0 aromatic heterocycles. The average molecular weight is 310 g/mol. The van der Waals surface area contributed by atoms with E-state index in [1.54, 1.807) is 6.92 Å². The van der Waals surface area contributed by atoms with Gasteiger partial charge in [0.25, 0.3) is 5.69 Å². The Morgan fingerprint density at radius 3 is 2.57 bits per heavy atom. The van der Waals surface area contributed by atoms with Crippen molar-refractivity contribution in [2.75, 3.05) is 5.75 Å². The number of carboxylic acid groups (broad SMARTS) is 1. The van der Waals surface area contributed by atoms with Gasteiger partial charge in [-0.15, -0.1) is 11.8 Å². The summed E-state index contributed by atoms with van der Waals surface area (Å²) in [4.78, 5) is 34.9. The van der Waals surface area contributed by atoms with Gasteiger partial charge in [-0.25, -0.2) is 4.79 Å².